The molecule has 0 bridgehead atoms. The predicted molar refractivity (Wildman–Crippen MR) is 116 cm³/mol. The lowest BCUT2D eigenvalue weighted by Gasteiger charge is -2.22. The topological polar surface area (TPSA) is 67.8 Å². The molecule has 1 atom stereocenters. The minimum Gasteiger partial charge on any atom is -0.439 e. The number of halogens is 1. The zero-order valence-corrected chi connectivity index (χ0v) is 17.5. The highest BCUT2D eigenvalue weighted by Gasteiger charge is 2.49. The van der Waals surface area contributed by atoms with Gasteiger partial charge in [-0.2, -0.15) is 0 Å². The van der Waals surface area contributed by atoms with Crippen molar-refractivity contribution in [2.24, 2.45) is 0 Å². The van der Waals surface area contributed by atoms with Gasteiger partial charge < -0.3 is 9.47 Å². The Kier molecular flexibility index (Phi) is 5.21. The number of anilines is 1. The maximum absolute atomic E-state index is 12.5. The lowest BCUT2D eigenvalue weighted by atomic mass is 10.0. The number of amides is 1. The molecule has 2 fully saturated rings. The molecule has 1 spiro atoms. The van der Waals surface area contributed by atoms with E-state index < -0.39 is 5.60 Å². The monoisotopic (exact) mass is 436 g/mol. The fraction of sp³-hybridized carbons (Fsp3) is 0.261. The van der Waals surface area contributed by atoms with Gasteiger partial charge >= 0.3 is 12.1 Å². The van der Waals surface area contributed by atoms with E-state index in [1.165, 1.54) is 0 Å². The molecule has 1 aromatic heterocycles. The summed E-state index contributed by atoms with van der Waals surface area (Å²) in [4.78, 5) is 24.7. The lowest BCUT2D eigenvalue weighted by Crippen LogP contribution is -2.37. The van der Waals surface area contributed by atoms with Crippen LogP contribution in [-0.4, -0.2) is 46.2 Å². The second-order valence-corrected chi connectivity index (χ2v) is 8.29. The van der Waals surface area contributed by atoms with Gasteiger partial charge in [0.1, 0.15) is 11.4 Å². The van der Waals surface area contributed by atoms with E-state index in [9.17, 15) is 4.79 Å². The molecule has 0 aliphatic carbocycles. The summed E-state index contributed by atoms with van der Waals surface area (Å²) in [5.41, 5.74) is 1.44. The number of likely N-dealkylation sites (tertiary alicyclic amines) is 1. The van der Waals surface area contributed by atoms with Crippen LogP contribution in [0.5, 0.6) is 11.8 Å². The van der Waals surface area contributed by atoms with Gasteiger partial charge in [-0.05, 0) is 48.0 Å². The first-order valence-electron chi connectivity index (χ1n) is 10.1. The third kappa shape index (κ3) is 4.33. The number of hydrogen-bond donors (Lipinski definition) is 0. The van der Waals surface area contributed by atoms with E-state index >= 15 is 0 Å². The molecule has 7 nitrogen and oxygen atoms in total. The molecule has 2 aliphatic rings. The predicted octanol–water partition coefficient (Wildman–Crippen LogP) is 4.52. The van der Waals surface area contributed by atoms with Gasteiger partial charge in [-0.15, -0.1) is 0 Å². The number of carbonyl (C=O) groups is 1. The highest BCUT2D eigenvalue weighted by molar-refractivity contribution is 6.30. The van der Waals surface area contributed by atoms with Gasteiger partial charge in [0.15, 0.2) is 0 Å². The number of ether oxygens (including phenoxy) is 2. The Morgan fingerprint density at radius 1 is 1.06 bits per heavy atom. The molecular formula is C23H21ClN4O3. The van der Waals surface area contributed by atoms with E-state index in [-0.39, 0.29) is 6.09 Å². The minimum absolute atomic E-state index is 0.303. The third-order valence-corrected chi connectivity index (χ3v) is 5.81. The highest BCUT2D eigenvalue weighted by Crippen LogP contribution is 2.36. The Hall–Kier alpha value is -3.16. The molecule has 0 unspecified atom stereocenters. The number of nitrogens with zero attached hydrogens (tertiary/aromatic N) is 4. The number of rotatable bonds is 5. The summed E-state index contributed by atoms with van der Waals surface area (Å²) in [7, 11) is 0. The number of benzene rings is 2. The molecule has 0 saturated carbocycles. The van der Waals surface area contributed by atoms with Crippen LogP contribution in [0.3, 0.4) is 0 Å². The van der Waals surface area contributed by atoms with Gasteiger partial charge in [0.2, 0.25) is 0 Å². The largest absolute Gasteiger partial charge is 0.439 e. The van der Waals surface area contributed by atoms with Crippen LogP contribution in [0.1, 0.15) is 12.0 Å². The van der Waals surface area contributed by atoms with Gasteiger partial charge in [0.25, 0.3) is 0 Å². The Morgan fingerprint density at radius 2 is 1.87 bits per heavy atom. The maximum atomic E-state index is 12.5. The number of hydrogen-bond acceptors (Lipinski definition) is 6. The average Bonchev–Trinajstić information content (AvgIpc) is 3.31. The molecule has 3 aromatic rings. The molecule has 5 rings (SSSR count). The van der Waals surface area contributed by atoms with Gasteiger partial charge in [-0.3, -0.25) is 9.80 Å². The normalized spacial score (nSPS) is 20.9. The summed E-state index contributed by atoms with van der Waals surface area (Å²) in [5.74, 6) is 0.693. The lowest BCUT2D eigenvalue weighted by molar-refractivity contribution is 0.0629. The number of carbonyl (C=O) groups excluding carboxylic acids is 1. The summed E-state index contributed by atoms with van der Waals surface area (Å²) in [5, 5.41) is 0.642. The smallest absolute Gasteiger partial charge is 0.415 e. The summed E-state index contributed by atoms with van der Waals surface area (Å²) in [6, 6.07) is 17.2. The molecule has 8 heteroatoms. The Bertz CT molecular complexity index is 1080. The third-order valence-electron chi connectivity index (χ3n) is 5.56. The van der Waals surface area contributed by atoms with Gasteiger partial charge in [-0.25, -0.2) is 14.8 Å². The van der Waals surface area contributed by atoms with Crippen molar-refractivity contribution >= 4 is 23.4 Å². The molecule has 2 aliphatic heterocycles. The van der Waals surface area contributed by atoms with Crippen LogP contribution in [0.4, 0.5) is 10.5 Å². The zero-order valence-electron chi connectivity index (χ0n) is 16.8. The van der Waals surface area contributed by atoms with E-state index in [2.05, 4.69) is 20.9 Å². The van der Waals surface area contributed by atoms with Crippen molar-refractivity contribution < 1.29 is 14.3 Å². The standard InChI is InChI=1S/C23H21ClN4O3/c24-18-5-7-19(8-6-18)28-16-23(31-22(28)29)9-12-27(15-23)14-17-3-1-4-20(13-17)30-21-25-10-2-11-26-21/h1-8,10-11,13H,9,12,14-16H2/t23-/m0/s1. The van der Waals surface area contributed by atoms with Crippen molar-refractivity contribution in [2.45, 2.75) is 18.6 Å². The highest BCUT2D eigenvalue weighted by atomic mass is 35.5. The van der Waals surface area contributed by atoms with Crippen LogP contribution in [0.2, 0.25) is 5.02 Å². The second kappa shape index (κ2) is 8.17. The molecule has 0 radical (unpaired) electrons. The Labute approximate surface area is 185 Å². The molecule has 2 aromatic carbocycles. The zero-order chi connectivity index (χ0) is 21.3. The van der Waals surface area contributed by atoms with Crippen LogP contribution in [-0.2, 0) is 11.3 Å². The average molecular weight is 437 g/mol. The van der Waals surface area contributed by atoms with Crippen molar-refractivity contribution in [1.29, 1.82) is 0 Å². The minimum atomic E-state index is -0.483. The van der Waals surface area contributed by atoms with Crippen LogP contribution < -0.4 is 9.64 Å². The van der Waals surface area contributed by atoms with E-state index in [4.69, 9.17) is 21.1 Å². The molecule has 2 saturated heterocycles. The molecule has 1 amide bonds. The Morgan fingerprint density at radius 3 is 2.68 bits per heavy atom. The van der Waals surface area contributed by atoms with Crippen molar-refractivity contribution in [3.8, 4) is 11.8 Å². The second-order valence-electron chi connectivity index (χ2n) is 7.86. The fourth-order valence-corrected chi connectivity index (χ4v) is 4.25. The van der Waals surface area contributed by atoms with Crippen LogP contribution in [0.25, 0.3) is 0 Å². The Balaban J connectivity index is 1.24. The fourth-order valence-electron chi connectivity index (χ4n) is 4.13. The van der Waals surface area contributed by atoms with E-state index in [0.717, 1.165) is 30.8 Å². The maximum Gasteiger partial charge on any atom is 0.415 e. The van der Waals surface area contributed by atoms with Gasteiger partial charge in [0.05, 0.1) is 6.54 Å². The van der Waals surface area contributed by atoms with Gasteiger partial charge in [0, 0.05) is 49.2 Å². The molecule has 158 valence electrons. The quantitative estimate of drug-likeness (QED) is 0.585. The van der Waals surface area contributed by atoms with E-state index in [1.807, 2.05) is 30.3 Å². The van der Waals surface area contributed by atoms with Crippen LogP contribution in [0, 0.1) is 0 Å². The molecule has 0 N–H and O–H groups in total. The van der Waals surface area contributed by atoms with Crippen LogP contribution >= 0.6 is 11.6 Å². The number of aromatic nitrogens is 2. The van der Waals surface area contributed by atoms with E-state index in [1.54, 1.807) is 35.5 Å². The molecular weight excluding hydrogens is 416 g/mol. The van der Waals surface area contributed by atoms with Crippen molar-refractivity contribution in [3.63, 3.8) is 0 Å². The molecule has 31 heavy (non-hydrogen) atoms. The molecule has 3 heterocycles. The van der Waals surface area contributed by atoms with Crippen LogP contribution in [0.15, 0.2) is 67.0 Å². The summed E-state index contributed by atoms with van der Waals surface area (Å²) in [6.45, 7) is 2.83. The van der Waals surface area contributed by atoms with Crippen molar-refractivity contribution in [1.82, 2.24) is 14.9 Å². The summed E-state index contributed by atoms with van der Waals surface area (Å²) >= 11 is 5.97. The van der Waals surface area contributed by atoms with Gasteiger partial charge in [-0.1, -0.05) is 23.7 Å². The SMILES string of the molecule is O=C1O[C@]2(CCN(Cc3cccc(Oc4ncccn4)c3)C2)CN1c1ccc(Cl)cc1. The summed E-state index contributed by atoms with van der Waals surface area (Å²) < 4.78 is 11.6. The van der Waals surface area contributed by atoms with Crippen molar-refractivity contribution in [3.05, 3.63) is 77.6 Å². The van der Waals surface area contributed by atoms with Crippen molar-refractivity contribution in [2.75, 3.05) is 24.5 Å². The first-order valence-corrected chi connectivity index (χ1v) is 10.5. The van der Waals surface area contributed by atoms with E-state index in [0.29, 0.717) is 29.9 Å². The summed E-state index contributed by atoms with van der Waals surface area (Å²) in [6.07, 6.45) is 3.79. The first kappa shape index (κ1) is 19.8. The first-order chi connectivity index (χ1) is 15.1.